The molecule has 1 aliphatic heterocycles. The molecule has 2 N–H and O–H groups in total. The van der Waals surface area contributed by atoms with Crippen molar-refractivity contribution in [1.29, 1.82) is 0 Å². The van der Waals surface area contributed by atoms with Gasteiger partial charge < -0.3 is 14.8 Å². The van der Waals surface area contributed by atoms with Crippen LogP contribution in [0.5, 0.6) is 11.5 Å². The lowest BCUT2D eigenvalue weighted by Gasteiger charge is -2.13. The van der Waals surface area contributed by atoms with Gasteiger partial charge in [-0.1, -0.05) is 0 Å². The van der Waals surface area contributed by atoms with E-state index in [1.54, 1.807) is 0 Å². The van der Waals surface area contributed by atoms with Crippen LogP contribution in [0.2, 0.25) is 0 Å². The van der Waals surface area contributed by atoms with E-state index in [0.717, 1.165) is 42.1 Å². The van der Waals surface area contributed by atoms with Crippen LogP contribution < -0.4 is 14.8 Å². The van der Waals surface area contributed by atoms with E-state index in [-0.39, 0.29) is 6.10 Å². The van der Waals surface area contributed by atoms with Gasteiger partial charge in [-0.2, -0.15) is 5.10 Å². The third-order valence-corrected chi connectivity index (χ3v) is 3.58. The predicted molar refractivity (Wildman–Crippen MR) is 80.5 cm³/mol. The van der Waals surface area contributed by atoms with Gasteiger partial charge in [0.1, 0.15) is 17.6 Å². The van der Waals surface area contributed by atoms with Crippen molar-refractivity contribution >= 4 is 0 Å². The molecule has 112 valence electrons. The lowest BCUT2D eigenvalue weighted by molar-refractivity contribution is 0.254. The summed E-state index contributed by atoms with van der Waals surface area (Å²) in [6, 6.07) is 4.23. The van der Waals surface area contributed by atoms with Crippen LogP contribution in [0.3, 0.4) is 0 Å². The van der Waals surface area contributed by atoms with E-state index in [1.807, 2.05) is 19.3 Å². The van der Waals surface area contributed by atoms with Gasteiger partial charge in [0.25, 0.3) is 0 Å². The summed E-state index contributed by atoms with van der Waals surface area (Å²) >= 11 is 0. The quantitative estimate of drug-likeness (QED) is 0.856. The van der Waals surface area contributed by atoms with E-state index in [2.05, 4.69) is 34.6 Å². The molecule has 2 heterocycles. The van der Waals surface area contributed by atoms with Crippen molar-refractivity contribution in [1.82, 2.24) is 15.5 Å². The molecule has 0 saturated carbocycles. The summed E-state index contributed by atoms with van der Waals surface area (Å²) < 4.78 is 11.6. The summed E-state index contributed by atoms with van der Waals surface area (Å²) in [5.74, 6) is 1.94. The zero-order valence-electron chi connectivity index (χ0n) is 12.5. The normalized spacial score (nSPS) is 16.6. The number of H-pyrrole nitrogens is 1. The molecule has 0 aliphatic carbocycles. The summed E-state index contributed by atoms with van der Waals surface area (Å²) in [6.07, 6.45) is 4.93. The first-order valence-corrected chi connectivity index (χ1v) is 7.40. The molecule has 1 aliphatic rings. The number of hydrogen-bond acceptors (Lipinski definition) is 4. The van der Waals surface area contributed by atoms with Crippen molar-refractivity contribution < 1.29 is 9.47 Å². The van der Waals surface area contributed by atoms with Crippen molar-refractivity contribution in [2.45, 2.75) is 39.5 Å². The number of rotatable bonds is 6. The molecule has 1 aromatic heterocycles. The Kier molecular flexibility index (Phi) is 4.10. The molecule has 5 heteroatoms. The summed E-state index contributed by atoms with van der Waals surface area (Å²) in [6.45, 7) is 6.29. The number of fused-ring (bicyclic) bond motifs is 1. The van der Waals surface area contributed by atoms with Gasteiger partial charge in [0.15, 0.2) is 0 Å². The molecular weight excluding hydrogens is 266 g/mol. The standard InChI is InChI=1S/C16H21N3O2/c1-3-20-15-5-13-4-11(2)21-16(13)6-14(15)10-17-7-12-8-18-19-9-12/h5-6,8-9,11,17H,3-4,7,10H2,1-2H3,(H,18,19). The first-order valence-electron chi connectivity index (χ1n) is 7.40. The lowest BCUT2D eigenvalue weighted by Crippen LogP contribution is -2.13. The summed E-state index contributed by atoms with van der Waals surface area (Å²) in [7, 11) is 0. The number of hydrogen-bond donors (Lipinski definition) is 2. The van der Waals surface area contributed by atoms with Crippen molar-refractivity contribution in [2.24, 2.45) is 0 Å². The zero-order valence-corrected chi connectivity index (χ0v) is 12.5. The maximum atomic E-state index is 5.83. The van der Waals surface area contributed by atoms with E-state index in [0.29, 0.717) is 6.61 Å². The Bertz CT molecular complexity index is 596. The molecule has 1 atom stereocenters. The molecule has 1 aromatic carbocycles. The van der Waals surface area contributed by atoms with E-state index in [4.69, 9.17) is 9.47 Å². The third-order valence-electron chi connectivity index (χ3n) is 3.58. The average molecular weight is 287 g/mol. The molecular formula is C16H21N3O2. The Morgan fingerprint density at radius 2 is 2.33 bits per heavy atom. The largest absolute Gasteiger partial charge is 0.494 e. The van der Waals surface area contributed by atoms with Gasteiger partial charge >= 0.3 is 0 Å². The molecule has 0 amide bonds. The summed E-state index contributed by atoms with van der Waals surface area (Å²) in [5, 5.41) is 10.2. The summed E-state index contributed by atoms with van der Waals surface area (Å²) in [4.78, 5) is 0. The maximum absolute atomic E-state index is 5.83. The lowest BCUT2D eigenvalue weighted by atomic mass is 10.1. The maximum Gasteiger partial charge on any atom is 0.124 e. The third kappa shape index (κ3) is 3.19. The van der Waals surface area contributed by atoms with Gasteiger partial charge in [-0.05, 0) is 26.0 Å². The number of nitrogens with zero attached hydrogens (tertiary/aromatic N) is 1. The molecule has 0 radical (unpaired) electrons. The first kappa shape index (κ1) is 13.9. The zero-order chi connectivity index (χ0) is 14.7. The van der Waals surface area contributed by atoms with E-state index >= 15 is 0 Å². The van der Waals surface area contributed by atoms with Gasteiger partial charge in [-0.25, -0.2) is 0 Å². The fourth-order valence-corrected chi connectivity index (χ4v) is 2.63. The summed E-state index contributed by atoms with van der Waals surface area (Å²) in [5.41, 5.74) is 3.51. The van der Waals surface area contributed by atoms with Crippen LogP contribution in [0.25, 0.3) is 0 Å². The van der Waals surface area contributed by atoms with Crippen molar-refractivity contribution in [3.63, 3.8) is 0 Å². The van der Waals surface area contributed by atoms with E-state index in [1.165, 1.54) is 5.56 Å². The number of nitrogens with one attached hydrogen (secondary N) is 2. The minimum atomic E-state index is 0.253. The molecule has 2 aromatic rings. The number of benzene rings is 1. The number of aromatic amines is 1. The van der Waals surface area contributed by atoms with E-state index in [9.17, 15) is 0 Å². The van der Waals surface area contributed by atoms with Crippen molar-refractivity contribution in [2.75, 3.05) is 6.61 Å². The van der Waals surface area contributed by atoms with Crippen LogP contribution >= 0.6 is 0 Å². The SMILES string of the molecule is CCOc1cc2c(cc1CNCc1cn[nH]c1)OC(C)C2. The Balaban J connectivity index is 1.72. The van der Waals surface area contributed by atoms with Crippen LogP contribution in [-0.2, 0) is 19.5 Å². The van der Waals surface area contributed by atoms with Gasteiger partial charge in [0, 0.05) is 42.4 Å². The molecule has 3 rings (SSSR count). The van der Waals surface area contributed by atoms with Gasteiger partial charge in [-0.3, -0.25) is 5.10 Å². The Morgan fingerprint density at radius 1 is 1.43 bits per heavy atom. The van der Waals surface area contributed by atoms with Crippen LogP contribution in [0.1, 0.15) is 30.5 Å². The minimum Gasteiger partial charge on any atom is -0.494 e. The highest BCUT2D eigenvalue weighted by Crippen LogP contribution is 2.35. The smallest absolute Gasteiger partial charge is 0.124 e. The molecule has 0 spiro atoms. The molecule has 0 fully saturated rings. The second-order valence-electron chi connectivity index (χ2n) is 5.34. The van der Waals surface area contributed by atoms with E-state index < -0.39 is 0 Å². The van der Waals surface area contributed by atoms with Gasteiger partial charge in [-0.15, -0.1) is 0 Å². The Morgan fingerprint density at radius 3 is 3.10 bits per heavy atom. The van der Waals surface area contributed by atoms with Crippen molar-refractivity contribution in [3.8, 4) is 11.5 Å². The minimum absolute atomic E-state index is 0.253. The molecule has 1 unspecified atom stereocenters. The van der Waals surface area contributed by atoms with Crippen LogP contribution in [-0.4, -0.2) is 22.9 Å². The highest BCUT2D eigenvalue weighted by molar-refractivity contribution is 5.48. The molecule has 21 heavy (non-hydrogen) atoms. The highest BCUT2D eigenvalue weighted by atomic mass is 16.5. The van der Waals surface area contributed by atoms with Gasteiger partial charge in [0.2, 0.25) is 0 Å². The predicted octanol–water partition coefficient (Wildman–Crippen LogP) is 2.42. The Hall–Kier alpha value is -2.01. The fourth-order valence-electron chi connectivity index (χ4n) is 2.63. The number of ether oxygens (including phenoxy) is 2. The molecule has 0 saturated heterocycles. The molecule has 5 nitrogen and oxygen atoms in total. The monoisotopic (exact) mass is 287 g/mol. The first-order chi connectivity index (χ1) is 10.3. The van der Waals surface area contributed by atoms with Crippen LogP contribution in [0.4, 0.5) is 0 Å². The van der Waals surface area contributed by atoms with Crippen LogP contribution in [0, 0.1) is 0 Å². The second-order valence-corrected chi connectivity index (χ2v) is 5.34. The second kappa shape index (κ2) is 6.18. The van der Waals surface area contributed by atoms with Gasteiger partial charge in [0.05, 0.1) is 12.8 Å². The topological polar surface area (TPSA) is 59.2 Å². The Labute approximate surface area is 124 Å². The van der Waals surface area contributed by atoms with Crippen LogP contribution in [0.15, 0.2) is 24.5 Å². The highest BCUT2D eigenvalue weighted by Gasteiger charge is 2.21. The fraction of sp³-hybridized carbons (Fsp3) is 0.438. The van der Waals surface area contributed by atoms with Crippen molar-refractivity contribution in [3.05, 3.63) is 41.2 Å². The number of aromatic nitrogens is 2. The molecule has 0 bridgehead atoms. The average Bonchev–Trinajstić information content (AvgIpc) is 3.07.